The van der Waals surface area contributed by atoms with E-state index in [1.54, 1.807) is 13.0 Å². The minimum absolute atomic E-state index is 0.163. The van der Waals surface area contributed by atoms with E-state index < -0.39 is 18.5 Å². The first-order valence-corrected chi connectivity index (χ1v) is 8.43. The number of esters is 1. The monoisotopic (exact) mass is 364 g/mol. The molecule has 1 aliphatic heterocycles. The molecule has 0 radical (unpaired) electrons. The lowest BCUT2D eigenvalue weighted by atomic mass is 10.0. The molecule has 2 N–H and O–H groups in total. The van der Waals surface area contributed by atoms with Gasteiger partial charge in [-0.15, -0.1) is 0 Å². The van der Waals surface area contributed by atoms with E-state index in [9.17, 15) is 14.4 Å². The van der Waals surface area contributed by atoms with Crippen LogP contribution in [0, 0.1) is 0 Å². The van der Waals surface area contributed by atoms with E-state index >= 15 is 0 Å². The van der Waals surface area contributed by atoms with Crippen LogP contribution in [0.3, 0.4) is 0 Å². The normalized spacial score (nSPS) is 14.0. The molecule has 0 fully saturated rings. The summed E-state index contributed by atoms with van der Waals surface area (Å²) in [5, 5.41) is 4.89. The number of carbonyl (C=O) groups is 3. The van der Waals surface area contributed by atoms with Gasteiger partial charge >= 0.3 is 5.97 Å². The molecule has 0 unspecified atom stereocenters. The van der Waals surface area contributed by atoms with Gasteiger partial charge in [0.05, 0.1) is 6.54 Å². The number of fused-ring (bicyclic) bond motifs is 1. The molecule has 0 atom stereocenters. The van der Waals surface area contributed by atoms with Gasteiger partial charge in [0.25, 0.3) is 5.91 Å². The van der Waals surface area contributed by atoms with Gasteiger partial charge in [-0.1, -0.05) is 12.1 Å². The van der Waals surface area contributed by atoms with Crippen LogP contribution in [0.25, 0.3) is 0 Å². The second kappa shape index (κ2) is 8.55. The van der Waals surface area contributed by atoms with Crippen LogP contribution in [0.5, 0.6) is 11.5 Å². The van der Waals surface area contributed by atoms with Crippen molar-refractivity contribution in [1.29, 1.82) is 0 Å². The lowest BCUT2D eigenvalue weighted by Gasteiger charge is -2.18. The molecule has 1 aliphatic rings. The fourth-order valence-corrected chi connectivity index (χ4v) is 2.51. The number of amides is 2. The smallest absolute Gasteiger partial charge is 0.344 e. The summed E-state index contributed by atoms with van der Waals surface area (Å²) in [5.41, 5.74) is 0.704. The number of para-hydroxylation sites is 1. The van der Waals surface area contributed by atoms with E-state index in [0.29, 0.717) is 18.0 Å². The zero-order valence-corrected chi connectivity index (χ0v) is 15.2. The molecule has 8 nitrogen and oxygen atoms in total. The van der Waals surface area contributed by atoms with Gasteiger partial charge in [-0.3, -0.25) is 9.59 Å². The SMILES string of the molecule is CCNC(=O)CNC(=O)COC(=O)COc1cccc2c1OC(C)(C)C2. The largest absolute Gasteiger partial charge is 0.483 e. The Labute approximate surface area is 152 Å². The van der Waals surface area contributed by atoms with Crippen molar-refractivity contribution in [3.05, 3.63) is 23.8 Å². The van der Waals surface area contributed by atoms with Crippen molar-refractivity contribution in [2.24, 2.45) is 0 Å². The van der Waals surface area contributed by atoms with Crippen molar-refractivity contribution >= 4 is 17.8 Å². The van der Waals surface area contributed by atoms with Gasteiger partial charge in [0.2, 0.25) is 5.91 Å². The Hall–Kier alpha value is -2.77. The van der Waals surface area contributed by atoms with E-state index in [1.165, 1.54) is 0 Å². The van der Waals surface area contributed by atoms with E-state index in [2.05, 4.69) is 10.6 Å². The molecule has 2 amide bonds. The molecule has 142 valence electrons. The van der Waals surface area contributed by atoms with Gasteiger partial charge in [0, 0.05) is 18.5 Å². The molecule has 0 saturated carbocycles. The zero-order chi connectivity index (χ0) is 19.2. The maximum Gasteiger partial charge on any atom is 0.344 e. The van der Waals surface area contributed by atoms with Crippen molar-refractivity contribution < 1.29 is 28.6 Å². The molecular weight excluding hydrogens is 340 g/mol. The number of hydrogen-bond donors (Lipinski definition) is 2. The van der Waals surface area contributed by atoms with E-state index in [0.717, 1.165) is 12.0 Å². The molecule has 0 saturated heterocycles. The number of nitrogens with one attached hydrogen (secondary N) is 2. The van der Waals surface area contributed by atoms with Gasteiger partial charge in [0.15, 0.2) is 24.7 Å². The summed E-state index contributed by atoms with van der Waals surface area (Å²) in [4.78, 5) is 34.5. The highest BCUT2D eigenvalue weighted by Gasteiger charge is 2.32. The lowest BCUT2D eigenvalue weighted by Crippen LogP contribution is -2.38. The maximum absolute atomic E-state index is 11.7. The summed E-state index contributed by atoms with van der Waals surface area (Å²) < 4.78 is 16.2. The molecule has 0 bridgehead atoms. The quantitative estimate of drug-likeness (QED) is 0.654. The van der Waals surface area contributed by atoms with Gasteiger partial charge in [-0.2, -0.15) is 0 Å². The van der Waals surface area contributed by atoms with Crippen molar-refractivity contribution in [2.75, 3.05) is 26.3 Å². The van der Waals surface area contributed by atoms with E-state index in [1.807, 2.05) is 26.0 Å². The van der Waals surface area contributed by atoms with Gasteiger partial charge < -0.3 is 24.8 Å². The van der Waals surface area contributed by atoms with Gasteiger partial charge in [-0.25, -0.2) is 4.79 Å². The maximum atomic E-state index is 11.7. The number of benzene rings is 1. The minimum atomic E-state index is -0.687. The Balaban J connectivity index is 1.74. The number of hydrogen-bond acceptors (Lipinski definition) is 6. The Bertz CT molecular complexity index is 686. The van der Waals surface area contributed by atoms with Crippen molar-refractivity contribution in [3.63, 3.8) is 0 Å². The standard InChI is InChI=1S/C18H24N2O6/c1-4-19-14(21)9-20-15(22)10-25-16(23)11-24-13-7-5-6-12-8-18(2,3)26-17(12)13/h5-7H,4,8-11H2,1-3H3,(H,19,21)(H,20,22). The van der Waals surface area contributed by atoms with E-state index in [4.69, 9.17) is 14.2 Å². The van der Waals surface area contributed by atoms with Crippen LogP contribution < -0.4 is 20.1 Å². The predicted octanol–water partition coefficient (Wildman–Crippen LogP) is 0.574. The topological polar surface area (TPSA) is 103 Å². The lowest BCUT2D eigenvalue weighted by molar-refractivity contribution is -0.150. The van der Waals surface area contributed by atoms with Gasteiger partial charge in [0.1, 0.15) is 5.60 Å². The molecule has 0 aromatic heterocycles. The number of rotatable bonds is 8. The summed E-state index contributed by atoms with van der Waals surface area (Å²) >= 11 is 0. The summed E-state index contributed by atoms with van der Waals surface area (Å²) in [6.45, 7) is 5.22. The third kappa shape index (κ3) is 5.65. The zero-order valence-electron chi connectivity index (χ0n) is 15.2. The average Bonchev–Trinajstić information content (AvgIpc) is 2.90. The third-order valence-corrected chi connectivity index (χ3v) is 3.58. The Morgan fingerprint density at radius 3 is 2.65 bits per heavy atom. The van der Waals surface area contributed by atoms with Crippen LogP contribution in [0.2, 0.25) is 0 Å². The summed E-state index contributed by atoms with van der Waals surface area (Å²) in [5.74, 6) is -0.463. The number of ether oxygens (including phenoxy) is 3. The second-order valence-corrected chi connectivity index (χ2v) is 6.46. The van der Waals surface area contributed by atoms with Crippen LogP contribution in [0.4, 0.5) is 0 Å². The fraction of sp³-hybridized carbons (Fsp3) is 0.500. The second-order valence-electron chi connectivity index (χ2n) is 6.46. The van der Waals surface area contributed by atoms with Crippen molar-refractivity contribution in [3.8, 4) is 11.5 Å². The van der Waals surface area contributed by atoms with Crippen molar-refractivity contribution in [2.45, 2.75) is 32.8 Å². The van der Waals surface area contributed by atoms with Crippen molar-refractivity contribution in [1.82, 2.24) is 10.6 Å². The predicted molar refractivity (Wildman–Crippen MR) is 93.0 cm³/mol. The first-order chi connectivity index (χ1) is 12.3. The molecule has 0 spiro atoms. The van der Waals surface area contributed by atoms with Crippen LogP contribution in [-0.4, -0.2) is 49.7 Å². The number of likely N-dealkylation sites (N-methyl/N-ethyl adjacent to an activating group) is 1. The average molecular weight is 364 g/mol. The summed E-state index contributed by atoms with van der Waals surface area (Å²) in [6.07, 6.45) is 0.760. The molecule has 26 heavy (non-hydrogen) atoms. The van der Waals surface area contributed by atoms with E-state index in [-0.39, 0.29) is 24.7 Å². The summed E-state index contributed by atoms with van der Waals surface area (Å²) in [7, 11) is 0. The first-order valence-electron chi connectivity index (χ1n) is 8.43. The molecule has 1 aromatic carbocycles. The molecule has 8 heteroatoms. The molecule has 0 aliphatic carbocycles. The highest BCUT2D eigenvalue weighted by molar-refractivity contribution is 5.86. The third-order valence-electron chi connectivity index (χ3n) is 3.58. The number of carbonyl (C=O) groups excluding carboxylic acids is 3. The Morgan fingerprint density at radius 2 is 1.92 bits per heavy atom. The minimum Gasteiger partial charge on any atom is -0.483 e. The highest BCUT2D eigenvalue weighted by Crippen LogP contribution is 2.41. The van der Waals surface area contributed by atoms with Crippen LogP contribution >= 0.6 is 0 Å². The molecule has 2 rings (SSSR count). The fourth-order valence-electron chi connectivity index (χ4n) is 2.51. The molecule has 1 heterocycles. The Morgan fingerprint density at radius 1 is 1.15 bits per heavy atom. The molecular formula is C18H24N2O6. The van der Waals surface area contributed by atoms with Gasteiger partial charge in [-0.05, 0) is 26.8 Å². The summed E-state index contributed by atoms with van der Waals surface area (Å²) in [6, 6.07) is 5.50. The highest BCUT2D eigenvalue weighted by atomic mass is 16.6. The first kappa shape index (κ1) is 19.6. The van der Waals surface area contributed by atoms with Crippen LogP contribution in [0.15, 0.2) is 18.2 Å². The molecule has 1 aromatic rings. The van der Waals surface area contributed by atoms with Crippen LogP contribution in [0.1, 0.15) is 26.3 Å². The Kier molecular flexibility index (Phi) is 6.43. The van der Waals surface area contributed by atoms with Crippen LogP contribution in [-0.2, 0) is 25.5 Å².